The van der Waals surface area contributed by atoms with Gasteiger partial charge in [0, 0.05) is 17.6 Å². The molecule has 0 radical (unpaired) electrons. The van der Waals surface area contributed by atoms with Gasteiger partial charge in [0.1, 0.15) is 11.6 Å². The summed E-state index contributed by atoms with van der Waals surface area (Å²) in [5, 5.41) is 15.1. The monoisotopic (exact) mass is 228 g/mol. The maximum absolute atomic E-state index is 9.55. The number of aromatic nitrogens is 1. The van der Waals surface area contributed by atoms with Crippen LogP contribution in [0.15, 0.2) is 30.5 Å². The molecule has 0 amide bonds. The molecule has 2 aromatic rings. The Kier molecular flexibility index (Phi) is 2.05. The number of rotatable bonds is 2. The van der Waals surface area contributed by atoms with E-state index in [0.717, 1.165) is 16.6 Å². The molecular formula is C14H16N2O. The quantitative estimate of drug-likeness (QED) is 0.830. The molecule has 1 atom stereocenters. The van der Waals surface area contributed by atoms with E-state index in [9.17, 15) is 5.11 Å². The van der Waals surface area contributed by atoms with Crippen molar-refractivity contribution in [2.45, 2.75) is 26.3 Å². The zero-order valence-electron chi connectivity index (χ0n) is 10.1. The number of fused-ring (bicyclic) bond motifs is 1. The van der Waals surface area contributed by atoms with E-state index >= 15 is 0 Å². The predicted octanol–water partition coefficient (Wildman–Crippen LogP) is 3.15. The summed E-state index contributed by atoms with van der Waals surface area (Å²) in [5.41, 5.74) is 0.362. The Hall–Kier alpha value is -1.77. The highest BCUT2D eigenvalue weighted by Gasteiger charge is 2.45. The largest absolute Gasteiger partial charge is 0.508 e. The van der Waals surface area contributed by atoms with E-state index in [1.807, 2.05) is 12.1 Å². The lowest BCUT2D eigenvalue weighted by Gasteiger charge is -2.10. The molecule has 1 aliphatic carbocycles. The third-order valence-electron chi connectivity index (χ3n) is 3.57. The minimum atomic E-state index is 0.281. The standard InChI is InChI=1S/C14H16N2O/c1-14(2)8-12(14)16-13-11-7-10(17)4-3-9(11)5-6-15-13/h3-7,12,17H,8H2,1-2H3,(H,15,16). The summed E-state index contributed by atoms with van der Waals surface area (Å²) in [5.74, 6) is 1.15. The molecule has 1 aromatic heterocycles. The fourth-order valence-corrected chi connectivity index (χ4v) is 2.15. The molecule has 1 saturated carbocycles. The average Bonchev–Trinajstić information content (AvgIpc) is 2.87. The molecule has 1 fully saturated rings. The summed E-state index contributed by atoms with van der Waals surface area (Å²) in [6.45, 7) is 4.49. The first-order valence-corrected chi connectivity index (χ1v) is 5.90. The maximum Gasteiger partial charge on any atom is 0.134 e. The normalized spacial score (nSPS) is 21.4. The Labute approximate surface area is 100 Å². The fourth-order valence-electron chi connectivity index (χ4n) is 2.15. The molecule has 88 valence electrons. The van der Waals surface area contributed by atoms with Gasteiger partial charge in [-0.3, -0.25) is 0 Å². The SMILES string of the molecule is CC1(C)CC1Nc1nccc2ccc(O)cc12. The summed E-state index contributed by atoms with van der Waals surface area (Å²) < 4.78 is 0. The van der Waals surface area contributed by atoms with Crippen molar-refractivity contribution in [3.8, 4) is 5.75 Å². The number of nitrogens with zero attached hydrogens (tertiary/aromatic N) is 1. The second-order valence-electron chi connectivity index (χ2n) is 5.45. The van der Waals surface area contributed by atoms with Crippen LogP contribution in [0.3, 0.4) is 0 Å². The second kappa shape index (κ2) is 3.36. The predicted molar refractivity (Wildman–Crippen MR) is 69.2 cm³/mol. The Balaban J connectivity index is 2.01. The van der Waals surface area contributed by atoms with Crippen LogP contribution in [0.5, 0.6) is 5.75 Å². The topological polar surface area (TPSA) is 45.2 Å². The number of anilines is 1. The van der Waals surface area contributed by atoms with Crippen LogP contribution < -0.4 is 5.32 Å². The van der Waals surface area contributed by atoms with Crippen molar-refractivity contribution in [2.24, 2.45) is 5.41 Å². The third kappa shape index (κ3) is 1.82. The van der Waals surface area contributed by atoms with Crippen molar-refractivity contribution in [3.05, 3.63) is 30.5 Å². The average molecular weight is 228 g/mol. The molecule has 0 bridgehead atoms. The van der Waals surface area contributed by atoms with Crippen molar-refractivity contribution in [1.29, 1.82) is 0 Å². The lowest BCUT2D eigenvalue weighted by atomic mass is 10.1. The second-order valence-corrected chi connectivity index (χ2v) is 5.45. The first kappa shape index (κ1) is 10.4. The van der Waals surface area contributed by atoms with E-state index in [-0.39, 0.29) is 5.75 Å². The van der Waals surface area contributed by atoms with Crippen LogP contribution >= 0.6 is 0 Å². The van der Waals surface area contributed by atoms with Gasteiger partial charge in [-0.05, 0) is 35.4 Å². The first-order chi connectivity index (χ1) is 8.06. The van der Waals surface area contributed by atoms with Gasteiger partial charge in [0.15, 0.2) is 0 Å². The van der Waals surface area contributed by atoms with Crippen LogP contribution in [0.1, 0.15) is 20.3 Å². The van der Waals surface area contributed by atoms with E-state index in [2.05, 4.69) is 24.1 Å². The third-order valence-corrected chi connectivity index (χ3v) is 3.57. The Bertz CT molecular complexity index is 577. The van der Waals surface area contributed by atoms with Gasteiger partial charge >= 0.3 is 0 Å². The molecule has 3 nitrogen and oxygen atoms in total. The van der Waals surface area contributed by atoms with Gasteiger partial charge in [-0.1, -0.05) is 19.9 Å². The number of phenolic OH excluding ortho intramolecular Hbond substituents is 1. The van der Waals surface area contributed by atoms with Gasteiger partial charge in [0.25, 0.3) is 0 Å². The number of pyridine rings is 1. The molecule has 0 saturated heterocycles. The van der Waals surface area contributed by atoms with Crippen molar-refractivity contribution in [2.75, 3.05) is 5.32 Å². The van der Waals surface area contributed by atoms with Crippen molar-refractivity contribution in [3.63, 3.8) is 0 Å². The highest BCUT2D eigenvalue weighted by atomic mass is 16.3. The molecule has 1 heterocycles. The highest BCUT2D eigenvalue weighted by molar-refractivity contribution is 5.92. The van der Waals surface area contributed by atoms with Crippen molar-refractivity contribution >= 4 is 16.6 Å². The summed E-state index contributed by atoms with van der Waals surface area (Å²) in [6, 6.07) is 7.82. The summed E-state index contributed by atoms with van der Waals surface area (Å²) in [4.78, 5) is 4.37. The molecule has 0 spiro atoms. The number of hydrogen-bond acceptors (Lipinski definition) is 3. The molecule has 3 heteroatoms. The van der Waals surface area contributed by atoms with Crippen molar-refractivity contribution in [1.82, 2.24) is 4.98 Å². The number of phenols is 1. The zero-order valence-corrected chi connectivity index (χ0v) is 10.1. The molecule has 17 heavy (non-hydrogen) atoms. The maximum atomic E-state index is 9.55. The summed E-state index contributed by atoms with van der Waals surface area (Å²) >= 11 is 0. The van der Waals surface area contributed by atoms with E-state index in [1.54, 1.807) is 18.3 Å². The number of benzene rings is 1. The van der Waals surface area contributed by atoms with Gasteiger partial charge in [0.05, 0.1) is 0 Å². The van der Waals surface area contributed by atoms with Crippen LogP contribution in [0.2, 0.25) is 0 Å². The van der Waals surface area contributed by atoms with Crippen LogP contribution in [0.4, 0.5) is 5.82 Å². The smallest absolute Gasteiger partial charge is 0.134 e. The van der Waals surface area contributed by atoms with E-state index in [4.69, 9.17) is 0 Å². The lowest BCUT2D eigenvalue weighted by molar-refractivity contribution is 0.476. The van der Waals surface area contributed by atoms with Crippen molar-refractivity contribution < 1.29 is 5.11 Å². The van der Waals surface area contributed by atoms with Gasteiger partial charge in [-0.15, -0.1) is 0 Å². The van der Waals surface area contributed by atoms with Gasteiger partial charge < -0.3 is 10.4 Å². The molecule has 1 aliphatic rings. The molecule has 1 aromatic carbocycles. The molecule has 1 unspecified atom stereocenters. The Morgan fingerprint density at radius 1 is 1.35 bits per heavy atom. The van der Waals surface area contributed by atoms with Gasteiger partial charge in [-0.2, -0.15) is 0 Å². The first-order valence-electron chi connectivity index (χ1n) is 5.90. The molecular weight excluding hydrogens is 212 g/mol. The van der Waals surface area contributed by atoms with E-state index in [0.29, 0.717) is 11.5 Å². The zero-order chi connectivity index (χ0) is 12.0. The Morgan fingerprint density at radius 3 is 2.82 bits per heavy atom. The highest BCUT2D eigenvalue weighted by Crippen LogP contribution is 2.46. The molecule has 0 aliphatic heterocycles. The summed E-state index contributed by atoms with van der Waals surface area (Å²) in [7, 11) is 0. The number of nitrogens with one attached hydrogen (secondary N) is 1. The van der Waals surface area contributed by atoms with Crippen LogP contribution in [0, 0.1) is 5.41 Å². The number of aromatic hydroxyl groups is 1. The van der Waals surface area contributed by atoms with Crippen LogP contribution in [0.25, 0.3) is 10.8 Å². The summed E-state index contributed by atoms with van der Waals surface area (Å²) in [6.07, 6.45) is 2.97. The minimum Gasteiger partial charge on any atom is -0.508 e. The van der Waals surface area contributed by atoms with Crippen LogP contribution in [-0.4, -0.2) is 16.1 Å². The minimum absolute atomic E-state index is 0.281. The van der Waals surface area contributed by atoms with Gasteiger partial charge in [0.2, 0.25) is 0 Å². The fraction of sp³-hybridized carbons (Fsp3) is 0.357. The Morgan fingerprint density at radius 2 is 2.12 bits per heavy atom. The van der Waals surface area contributed by atoms with Crippen LogP contribution in [-0.2, 0) is 0 Å². The number of hydrogen-bond donors (Lipinski definition) is 2. The van der Waals surface area contributed by atoms with Gasteiger partial charge in [-0.25, -0.2) is 4.98 Å². The molecule has 3 rings (SSSR count). The lowest BCUT2D eigenvalue weighted by Crippen LogP contribution is -2.09. The van der Waals surface area contributed by atoms with E-state index < -0.39 is 0 Å². The van der Waals surface area contributed by atoms with E-state index in [1.165, 1.54) is 6.42 Å². The molecule has 2 N–H and O–H groups in total.